The number of carbonyl (C=O) groups excluding carboxylic acids is 1. The van der Waals surface area contributed by atoms with Crippen molar-refractivity contribution in [1.29, 1.82) is 0 Å². The van der Waals surface area contributed by atoms with Crippen LogP contribution in [0, 0.1) is 3.57 Å². The molecule has 0 aliphatic carbocycles. The number of amides is 1. The van der Waals surface area contributed by atoms with Crippen molar-refractivity contribution in [3.05, 3.63) is 117 Å². The number of aliphatic hydroxyl groups excluding tert-OH is 1. The Bertz CT molecular complexity index is 1220. The van der Waals surface area contributed by atoms with Crippen LogP contribution in [0.3, 0.4) is 0 Å². The van der Waals surface area contributed by atoms with Crippen LogP contribution in [0.4, 0.5) is 5.69 Å². The highest BCUT2D eigenvalue weighted by Crippen LogP contribution is 2.13. The molecule has 3 N–H and O–H groups in total. The van der Waals surface area contributed by atoms with Crippen molar-refractivity contribution < 1.29 is 9.90 Å². The summed E-state index contributed by atoms with van der Waals surface area (Å²) in [6.07, 6.45) is 4.18. The van der Waals surface area contributed by atoms with E-state index in [-0.39, 0.29) is 37.1 Å². The number of nitrogens with zero attached hydrogens (tertiary/aromatic N) is 2. The molecule has 4 rings (SSSR count). The fourth-order valence-corrected chi connectivity index (χ4v) is 4.17. The Hall–Kier alpha value is -2.43. The highest BCUT2D eigenvalue weighted by Gasteiger charge is 2.10. The first-order valence-corrected chi connectivity index (χ1v) is 12.7. The van der Waals surface area contributed by atoms with E-state index in [9.17, 15) is 9.90 Å². The summed E-state index contributed by atoms with van der Waals surface area (Å²) in [6.45, 7) is 1.96. The van der Waals surface area contributed by atoms with E-state index < -0.39 is 6.10 Å². The van der Waals surface area contributed by atoms with Gasteiger partial charge in [-0.15, -0.1) is 24.8 Å². The van der Waals surface area contributed by atoms with Gasteiger partial charge in [0.05, 0.1) is 12.5 Å². The molecule has 0 aliphatic heterocycles. The molecule has 1 aromatic heterocycles. The molecule has 9 heteroatoms. The minimum atomic E-state index is -0.513. The van der Waals surface area contributed by atoms with E-state index in [1.165, 1.54) is 9.13 Å². The maximum absolute atomic E-state index is 12.6. The maximum Gasteiger partial charge on any atom is 0.231 e. The van der Waals surface area contributed by atoms with Gasteiger partial charge in [0.2, 0.25) is 5.91 Å². The Labute approximate surface area is 243 Å². The predicted octanol–water partition coefficient (Wildman–Crippen LogP) is 5.43. The monoisotopic (exact) mass is 652 g/mol. The molecule has 0 fully saturated rings. The largest absolute Gasteiger partial charge is 0.387 e. The van der Waals surface area contributed by atoms with Gasteiger partial charge in [-0.1, -0.05) is 54.6 Å². The maximum atomic E-state index is 12.6. The molecule has 0 aliphatic rings. The SMILES string of the molecule is Cl.Cl.O=C(Cc1nccn1Cc1ccc(I)cc1)Nc1ccc(CCNCC(O)c2ccccc2)cc1. The third-order valence-corrected chi connectivity index (χ3v) is 6.46. The Morgan fingerprint density at radius 1 is 0.946 bits per heavy atom. The number of hydrogen-bond acceptors (Lipinski definition) is 4. The lowest BCUT2D eigenvalue weighted by Crippen LogP contribution is -2.23. The number of benzene rings is 3. The Kier molecular flexibility index (Phi) is 13.1. The number of hydrogen-bond donors (Lipinski definition) is 3. The summed E-state index contributed by atoms with van der Waals surface area (Å²) in [4.78, 5) is 17.0. The molecule has 0 saturated carbocycles. The van der Waals surface area contributed by atoms with Gasteiger partial charge in [-0.2, -0.15) is 0 Å². The Morgan fingerprint density at radius 2 is 1.62 bits per heavy atom. The molecular formula is C28H31Cl2IN4O2. The second-order valence-electron chi connectivity index (χ2n) is 8.40. The van der Waals surface area contributed by atoms with E-state index >= 15 is 0 Å². The molecule has 1 atom stereocenters. The quantitative estimate of drug-likeness (QED) is 0.149. The summed E-state index contributed by atoms with van der Waals surface area (Å²) in [5.74, 6) is 0.644. The predicted molar refractivity (Wildman–Crippen MR) is 162 cm³/mol. The zero-order valence-electron chi connectivity index (χ0n) is 20.2. The minimum absolute atomic E-state index is 0. The lowest BCUT2D eigenvalue weighted by molar-refractivity contribution is -0.115. The van der Waals surface area contributed by atoms with E-state index in [2.05, 4.69) is 62.5 Å². The first kappa shape index (κ1) is 30.8. The topological polar surface area (TPSA) is 79.2 Å². The smallest absolute Gasteiger partial charge is 0.231 e. The number of nitrogens with one attached hydrogen (secondary N) is 2. The van der Waals surface area contributed by atoms with Gasteiger partial charge >= 0.3 is 0 Å². The first-order chi connectivity index (χ1) is 17.1. The van der Waals surface area contributed by atoms with Gasteiger partial charge in [0, 0.05) is 34.7 Å². The van der Waals surface area contributed by atoms with Gasteiger partial charge in [0.1, 0.15) is 5.82 Å². The van der Waals surface area contributed by atoms with Crippen LogP contribution in [0.1, 0.15) is 28.6 Å². The summed E-state index contributed by atoms with van der Waals surface area (Å²) < 4.78 is 3.20. The Morgan fingerprint density at radius 3 is 2.32 bits per heavy atom. The third kappa shape index (κ3) is 9.75. The molecule has 0 saturated heterocycles. The highest BCUT2D eigenvalue weighted by atomic mass is 127. The van der Waals surface area contributed by atoms with Crippen molar-refractivity contribution in [2.24, 2.45) is 0 Å². The molecule has 1 unspecified atom stereocenters. The van der Waals surface area contributed by atoms with Gasteiger partial charge in [-0.25, -0.2) is 4.98 Å². The van der Waals surface area contributed by atoms with Gasteiger partial charge < -0.3 is 20.3 Å². The third-order valence-electron chi connectivity index (χ3n) is 5.74. The fraction of sp³-hybridized carbons (Fsp3) is 0.214. The average Bonchev–Trinajstić information content (AvgIpc) is 3.30. The van der Waals surface area contributed by atoms with Crippen LogP contribution in [0.5, 0.6) is 0 Å². The van der Waals surface area contributed by atoms with Crippen LogP contribution in [0.25, 0.3) is 0 Å². The van der Waals surface area contributed by atoms with Gasteiger partial charge in [0.25, 0.3) is 0 Å². The van der Waals surface area contributed by atoms with Gasteiger partial charge in [0.15, 0.2) is 0 Å². The van der Waals surface area contributed by atoms with Crippen LogP contribution >= 0.6 is 47.4 Å². The number of imidazole rings is 1. The van der Waals surface area contributed by atoms with Crippen molar-refractivity contribution in [3.8, 4) is 0 Å². The minimum Gasteiger partial charge on any atom is -0.387 e. The second-order valence-corrected chi connectivity index (χ2v) is 9.65. The summed E-state index contributed by atoms with van der Waals surface area (Å²) in [6, 6.07) is 25.9. The molecule has 1 amide bonds. The Balaban J connectivity index is 0.00000241. The highest BCUT2D eigenvalue weighted by molar-refractivity contribution is 14.1. The fourth-order valence-electron chi connectivity index (χ4n) is 3.81. The second kappa shape index (κ2) is 15.7. The molecule has 4 aromatic rings. The van der Waals surface area contributed by atoms with E-state index in [0.717, 1.165) is 35.6 Å². The lowest BCUT2D eigenvalue weighted by Gasteiger charge is -2.12. The molecule has 6 nitrogen and oxygen atoms in total. The number of aromatic nitrogens is 2. The number of halogens is 3. The molecular weight excluding hydrogens is 622 g/mol. The van der Waals surface area contributed by atoms with E-state index in [0.29, 0.717) is 13.1 Å². The van der Waals surface area contributed by atoms with Gasteiger partial charge in [-0.3, -0.25) is 4.79 Å². The number of anilines is 1. The van der Waals surface area contributed by atoms with Crippen molar-refractivity contribution in [3.63, 3.8) is 0 Å². The molecule has 3 aromatic carbocycles. The van der Waals surface area contributed by atoms with Crippen LogP contribution in [0.2, 0.25) is 0 Å². The zero-order valence-corrected chi connectivity index (χ0v) is 24.0. The summed E-state index contributed by atoms with van der Waals surface area (Å²) in [5.41, 5.74) is 4.02. The van der Waals surface area contributed by atoms with E-state index in [1.807, 2.05) is 65.4 Å². The van der Waals surface area contributed by atoms with Crippen LogP contribution < -0.4 is 10.6 Å². The summed E-state index contributed by atoms with van der Waals surface area (Å²) >= 11 is 2.29. The molecule has 196 valence electrons. The molecule has 37 heavy (non-hydrogen) atoms. The average molecular weight is 653 g/mol. The van der Waals surface area contributed by atoms with Crippen molar-refractivity contribution in [2.75, 3.05) is 18.4 Å². The van der Waals surface area contributed by atoms with Crippen LogP contribution in [-0.2, 0) is 24.2 Å². The van der Waals surface area contributed by atoms with Crippen LogP contribution in [-0.4, -0.2) is 33.7 Å². The first-order valence-electron chi connectivity index (χ1n) is 11.6. The zero-order chi connectivity index (χ0) is 24.5. The summed E-state index contributed by atoms with van der Waals surface area (Å²) in [7, 11) is 0. The van der Waals surface area contributed by atoms with Crippen LogP contribution in [0.15, 0.2) is 91.3 Å². The van der Waals surface area contributed by atoms with E-state index in [1.54, 1.807) is 6.20 Å². The number of rotatable bonds is 11. The number of carbonyl (C=O) groups is 1. The molecule has 1 heterocycles. The standard InChI is InChI=1S/C28H29IN4O2.2ClH/c29-24-10-6-22(7-11-24)20-33-17-16-31-27(33)18-28(35)32-25-12-8-21(9-13-25)14-15-30-19-26(34)23-4-2-1-3-5-23;;/h1-13,16-17,26,30,34H,14-15,18-20H2,(H,32,35);2*1H. The van der Waals surface area contributed by atoms with Crippen molar-refractivity contribution >= 4 is 59.0 Å². The van der Waals surface area contributed by atoms with Crippen molar-refractivity contribution in [1.82, 2.24) is 14.9 Å². The summed E-state index contributed by atoms with van der Waals surface area (Å²) in [5, 5.41) is 16.5. The normalized spacial score (nSPS) is 11.2. The molecule has 0 spiro atoms. The number of aliphatic hydroxyl groups is 1. The van der Waals surface area contributed by atoms with E-state index in [4.69, 9.17) is 0 Å². The van der Waals surface area contributed by atoms with Crippen molar-refractivity contribution in [2.45, 2.75) is 25.5 Å². The van der Waals surface area contributed by atoms with Gasteiger partial charge in [-0.05, 0) is 76.5 Å². The lowest BCUT2D eigenvalue weighted by atomic mass is 10.1. The molecule has 0 bridgehead atoms. The molecule has 0 radical (unpaired) electrons.